The number of ether oxygens (including phenoxy) is 1. The molecule has 1 unspecified atom stereocenters. The second kappa shape index (κ2) is 7.35. The van der Waals surface area contributed by atoms with E-state index in [9.17, 15) is 4.79 Å². The standard InChI is InChI=1S/C17H25N5O3/c1-17(2,3)25-16(23)15-6-4-5-8-21(15)10-14-12-22(20-18-14)11-13-7-9-24-19-13/h7,9,12,15H,4-6,8,10-11H2,1-3H3. The number of carbonyl (C=O) groups is 1. The van der Waals surface area contributed by atoms with Gasteiger partial charge in [0.2, 0.25) is 0 Å². The molecule has 1 saturated heterocycles. The zero-order valence-corrected chi connectivity index (χ0v) is 15.0. The summed E-state index contributed by atoms with van der Waals surface area (Å²) in [4.78, 5) is 14.6. The van der Waals surface area contributed by atoms with Crippen molar-refractivity contribution in [3.8, 4) is 0 Å². The average Bonchev–Trinajstić information content (AvgIpc) is 3.19. The lowest BCUT2D eigenvalue weighted by Crippen LogP contribution is -2.46. The molecule has 0 aromatic carbocycles. The first-order valence-electron chi connectivity index (χ1n) is 8.66. The van der Waals surface area contributed by atoms with Gasteiger partial charge in [0, 0.05) is 12.6 Å². The second-order valence-electron chi connectivity index (χ2n) is 7.41. The van der Waals surface area contributed by atoms with Gasteiger partial charge in [0.25, 0.3) is 0 Å². The first kappa shape index (κ1) is 17.6. The third-order valence-electron chi connectivity index (χ3n) is 4.06. The minimum absolute atomic E-state index is 0.151. The van der Waals surface area contributed by atoms with E-state index in [-0.39, 0.29) is 12.0 Å². The zero-order chi connectivity index (χ0) is 17.9. The molecule has 3 heterocycles. The molecule has 8 nitrogen and oxygen atoms in total. The number of aromatic nitrogens is 4. The third-order valence-corrected chi connectivity index (χ3v) is 4.06. The number of likely N-dealkylation sites (tertiary alicyclic amines) is 1. The summed E-state index contributed by atoms with van der Waals surface area (Å²) in [6.07, 6.45) is 6.36. The molecule has 0 saturated carbocycles. The smallest absolute Gasteiger partial charge is 0.323 e. The molecule has 0 N–H and O–H groups in total. The summed E-state index contributed by atoms with van der Waals surface area (Å²) in [6.45, 7) is 7.65. The van der Waals surface area contributed by atoms with Crippen LogP contribution in [0.5, 0.6) is 0 Å². The first-order chi connectivity index (χ1) is 11.9. The van der Waals surface area contributed by atoms with Gasteiger partial charge in [0.15, 0.2) is 0 Å². The molecule has 0 bridgehead atoms. The Bertz CT molecular complexity index is 689. The van der Waals surface area contributed by atoms with E-state index in [4.69, 9.17) is 9.26 Å². The van der Waals surface area contributed by atoms with Gasteiger partial charge in [-0.3, -0.25) is 9.69 Å². The van der Waals surface area contributed by atoms with Gasteiger partial charge in [-0.1, -0.05) is 16.8 Å². The fourth-order valence-corrected chi connectivity index (χ4v) is 3.00. The molecule has 3 rings (SSSR count). The highest BCUT2D eigenvalue weighted by Gasteiger charge is 2.32. The van der Waals surface area contributed by atoms with Crippen LogP contribution in [0.15, 0.2) is 23.0 Å². The first-order valence-corrected chi connectivity index (χ1v) is 8.66. The summed E-state index contributed by atoms with van der Waals surface area (Å²) in [5.41, 5.74) is 1.15. The van der Waals surface area contributed by atoms with Gasteiger partial charge in [-0.05, 0) is 40.2 Å². The van der Waals surface area contributed by atoms with Gasteiger partial charge >= 0.3 is 5.97 Å². The van der Waals surface area contributed by atoms with E-state index in [0.717, 1.165) is 37.2 Å². The van der Waals surface area contributed by atoms with Crippen LogP contribution in [-0.2, 0) is 22.6 Å². The maximum atomic E-state index is 12.5. The van der Waals surface area contributed by atoms with Gasteiger partial charge in [0.1, 0.15) is 23.6 Å². The van der Waals surface area contributed by atoms with E-state index in [1.54, 1.807) is 10.7 Å². The maximum absolute atomic E-state index is 12.5. The average molecular weight is 347 g/mol. The van der Waals surface area contributed by atoms with Gasteiger partial charge in [0.05, 0.1) is 18.4 Å². The van der Waals surface area contributed by atoms with Gasteiger partial charge in [-0.25, -0.2) is 4.68 Å². The summed E-state index contributed by atoms with van der Waals surface area (Å²) in [5, 5.41) is 12.2. The Morgan fingerprint density at radius 3 is 2.88 bits per heavy atom. The molecular formula is C17H25N5O3. The maximum Gasteiger partial charge on any atom is 0.323 e. The summed E-state index contributed by atoms with van der Waals surface area (Å²) in [7, 11) is 0. The lowest BCUT2D eigenvalue weighted by Gasteiger charge is -2.35. The summed E-state index contributed by atoms with van der Waals surface area (Å²) < 4.78 is 12.1. The fourth-order valence-electron chi connectivity index (χ4n) is 3.00. The van der Waals surface area contributed by atoms with Crippen molar-refractivity contribution in [2.75, 3.05) is 6.54 Å². The van der Waals surface area contributed by atoms with Crippen LogP contribution in [0.3, 0.4) is 0 Å². The molecule has 0 amide bonds. The quantitative estimate of drug-likeness (QED) is 0.765. The topological polar surface area (TPSA) is 86.3 Å². The predicted molar refractivity (Wildman–Crippen MR) is 89.5 cm³/mol. The Labute approximate surface area is 147 Å². The molecule has 1 aliphatic rings. The fraction of sp³-hybridized carbons (Fsp3) is 0.647. The Hall–Kier alpha value is -2.22. The molecule has 0 radical (unpaired) electrons. The van der Waals surface area contributed by atoms with Crippen molar-refractivity contribution in [1.29, 1.82) is 0 Å². The van der Waals surface area contributed by atoms with E-state index in [1.807, 2.05) is 27.0 Å². The lowest BCUT2D eigenvalue weighted by molar-refractivity contribution is -0.163. The molecule has 136 valence electrons. The van der Waals surface area contributed by atoms with Crippen LogP contribution in [0.4, 0.5) is 0 Å². The molecule has 0 aliphatic carbocycles. The van der Waals surface area contributed by atoms with Crippen molar-refractivity contribution in [3.05, 3.63) is 29.9 Å². The highest BCUT2D eigenvalue weighted by molar-refractivity contribution is 5.76. The molecule has 2 aromatic heterocycles. The van der Waals surface area contributed by atoms with Crippen LogP contribution < -0.4 is 0 Å². The highest BCUT2D eigenvalue weighted by Crippen LogP contribution is 2.22. The predicted octanol–water partition coefficient (Wildman–Crippen LogP) is 2.01. The Balaban J connectivity index is 1.63. The van der Waals surface area contributed by atoms with Crippen LogP contribution in [-0.4, -0.2) is 49.2 Å². The minimum Gasteiger partial charge on any atom is -0.459 e. The van der Waals surface area contributed by atoms with Gasteiger partial charge in [-0.15, -0.1) is 5.10 Å². The number of esters is 1. The van der Waals surface area contributed by atoms with Crippen LogP contribution in [0.25, 0.3) is 0 Å². The van der Waals surface area contributed by atoms with E-state index in [2.05, 4.69) is 20.4 Å². The molecule has 1 atom stereocenters. The Morgan fingerprint density at radius 2 is 2.16 bits per heavy atom. The molecular weight excluding hydrogens is 322 g/mol. The van der Waals surface area contributed by atoms with E-state index >= 15 is 0 Å². The summed E-state index contributed by atoms with van der Waals surface area (Å²) in [6, 6.07) is 1.58. The van der Waals surface area contributed by atoms with E-state index in [1.165, 1.54) is 6.26 Å². The van der Waals surface area contributed by atoms with Crippen LogP contribution in [0, 0.1) is 0 Å². The number of piperidine rings is 1. The molecule has 0 spiro atoms. The Morgan fingerprint density at radius 1 is 1.32 bits per heavy atom. The van der Waals surface area contributed by atoms with Crippen molar-refractivity contribution in [2.24, 2.45) is 0 Å². The molecule has 2 aromatic rings. The van der Waals surface area contributed by atoms with E-state index in [0.29, 0.717) is 13.1 Å². The SMILES string of the molecule is CC(C)(C)OC(=O)C1CCCCN1Cc1cn(Cc2ccon2)nn1. The minimum atomic E-state index is -0.471. The number of rotatable bonds is 5. The largest absolute Gasteiger partial charge is 0.459 e. The number of hydrogen-bond acceptors (Lipinski definition) is 7. The zero-order valence-electron chi connectivity index (χ0n) is 15.0. The lowest BCUT2D eigenvalue weighted by atomic mass is 10.0. The van der Waals surface area contributed by atoms with Crippen LogP contribution >= 0.6 is 0 Å². The highest BCUT2D eigenvalue weighted by atomic mass is 16.6. The van der Waals surface area contributed by atoms with Crippen LogP contribution in [0.1, 0.15) is 51.4 Å². The van der Waals surface area contributed by atoms with E-state index < -0.39 is 5.60 Å². The van der Waals surface area contributed by atoms with Crippen molar-refractivity contribution >= 4 is 5.97 Å². The Kier molecular flexibility index (Phi) is 5.17. The number of nitrogens with zero attached hydrogens (tertiary/aromatic N) is 5. The van der Waals surface area contributed by atoms with Crippen molar-refractivity contribution in [1.82, 2.24) is 25.1 Å². The summed E-state index contributed by atoms with van der Waals surface area (Å²) >= 11 is 0. The summed E-state index contributed by atoms with van der Waals surface area (Å²) in [5.74, 6) is -0.151. The number of carbonyl (C=O) groups excluding carboxylic acids is 1. The molecule has 1 fully saturated rings. The van der Waals surface area contributed by atoms with Gasteiger partial charge < -0.3 is 9.26 Å². The molecule has 25 heavy (non-hydrogen) atoms. The van der Waals surface area contributed by atoms with Crippen molar-refractivity contribution < 1.29 is 14.1 Å². The molecule has 1 aliphatic heterocycles. The van der Waals surface area contributed by atoms with Crippen molar-refractivity contribution in [2.45, 2.75) is 64.8 Å². The number of hydrogen-bond donors (Lipinski definition) is 0. The molecule has 8 heteroatoms. The van der Waals surface area contributed by atoms with Crippen molar-refractivity contribution in [3.63, 3.8) is 0 Å². The third kappa shape index (κ3) is 4.88. The second-order valence-corrected chi connectivity index (χ2v) is 7.41. The normalized spacial score (nSPS) is 19.1. The van der Waals surface area contributed by atoms with Gasteiger partial charge in [-0.2, -0.15) is 0 Å². The monoisotopic (exact) mass is 347 g/mol. The van der Waals surface area contributed by atoms with Crippen LogP contribution in [0.2, 0.25) is 0 Å².